The van der Waals surface area contributed by atoms with Crippen molar-refractivity contribution >= 4 is 0 Å². The van der Waals surface area contributed by atoms with Crippen LogP contribution in [-0.2, 0) is 6.54 Å². The van der Waals surface area contributed by atoms with Crippen LogP contribution in [0.1, 0.15) is 18.4 Å². The summed E-state index contributed by atoms with van der Waals surface area (Å²) in [6.45, 7) is 0.895. The second kappa shape index (κ2) is 5.10. The summed E-state index contributed by atoms with van der Waals surface area (Å²) in [6, 6.07) is 10.8. The summed E-state index contributed by atoms with van der Waals surface area (Å²) in [5.41, 5.74) is 1.30. The van der Waals surface area contributed by atoms with Crippen LogP contribution in [0.2, 0.25) is 0 Å². The Balaban J connectivity index is 1.82. The molecule has 0 aliphatic heterocycles. The molecule has 1 aromatic carbocycles. The minimum atomic E-state index is -0.236. The van der Waals surface area contributed by atoms with Gasteiger partial charge in [-0.1, -0.05) is 42.5 Å². The molecule has 2 nitrogen and oxygen atoms in total. The lowest BCUT2D eigenvalue weighted by Gasteiger charge is -2.20. The first-order chi connectivity index (χ1) is 7.34. The third-order valence-corrected chi connectivity index (χ3v) is 2.75. The molecule has 0 amide bonds. The number of hydrogen-bond acceptors (Lipinski definition) is 2. The highest BCUT2D eigenvalue weighted by atomic mass is 16.3. The molecule has 2 atom stereocenters. The molecule has 1 aromatic rings. The first-order valence-electron chi connectivity index (χ1n) is 5.48. The molecule has 0 fully saturated rings. The van der Waals surface area contributed by atoms with Crippen LogP contribution in [0.4, 0.5) is 0 Å². The van der Waals surface area contributed by atoms with Crippen LogP contribution >= 0.6 is 0 Å². The molecular formula is C13H17NO. The lowest BCUT2D eigenvalue weighted by molar-refractivity contribution is 0.198. The van der Waals surface area contributed by atoms with Gasteiger partial charge in [0, 0.05) is 12.6 Å². The fourth-order valence-corrected chi connectivity index (χ4v) is 1.82. The number of rotatable bonds is 3. The summed E-state index contributed by atoms with van der Waals surface area (Å²) < 4.78 is 0. The second-order valence-electron chi connectivity index (χ2n) is 4.00. The van der Waals surface area contributed by atoms with Gasteiger partial charge in [-0.15, -0.1) is 0 Å². The van der Waals surface area contributed by atoms with Crippen molar-refractivity contribution in [3.05, 3.63) is 48.0 Å². The lowest BCUT2D eigenvalue weighted by Crippen LogP contribution is -2.30. The molecule has 1 aliphatic rings. The molecule has 0 radical (unpaired) electrons. The van der Waals surface area contributed by atoms with E-state index in [2.05, 4.69) is 35.7 Å². The SMILES string of the molecule is O[C@@H]1C=C[C@H](NCc2ccccc2)CC1. The summed E-state index contributed by atoms with van der Waals surface area (Å²) in [5.74, 6) is 0. The van der Waals surface area contributed by atoms with E-state index in [1.54, 1.807) is 0 Å². The largest absolute Gasteiger partial charge is 0.389 e. The van der Waals surface area contributed by atoms with Gasteiger partial charge >= 0.3 is 0 Å². The molecule has 2 N–H and O–H groups in total. The Morgan fingerprint density at radius 2 is 1.93 bits per heavy atom. The Labute approximate surface area is 90.6 Å². The fraction of sp³-hybridized carbons (Fsp3) is 0.385. The lowest BCUT2D eigenvalue weighted by atomic mass is 10.0. The van der Waals surface area contributed by atoms with E-state index in [9.17, 15) is 5.11 Å². The molecule has 0 spiro atoms. The van der Waals surface area contributed by atoms with Crippen LogP contribution in [0.5, 0.6) is 0 Å². The predicted molar refractivity (Wildman–Crippen MR) is 61.5 cm³/mol. The molecule has 2 heteroatoms. The maximum Gasteiger partial charge on any atom is 0.0722 e. The zero-order valence-electron chi connectivity index (χ0n) is 8.76. The van der Waals surface area contributed by atoms with Gasteiger partial charge < -0.3 is 10.4 Å². The van der Waals surface area contributed by atoms with Crippen molar-refractivity contribution in [2.24, 2.45) is 0 Å². The molecule has 0 bridgehead atoms. The van der Waals surface area contributed by atoms with E-state index in [0.29, 0.717) is 6.04 Å². The Bertz CT molecular complexity index is 321. The van der Waals surface area contributed by atoms with Gasteiger partial charge in [0.1, 0.15) is 0 Å². The monoisotopic (exact) mass is 203 g/mol. The summed E-state index contributed by atoms with van der Waals surface area (Å²) in [5, 5.41) is 12.8. The molecule has 15 heavy (non-hydrogen) atoms. The molecule has 0 aromatic heterocycles. The fourth-order valence-electron chi connectivity index (χ4n) is 1.82. The van der Waals surface area contributed by atoms with Gasteiger partial charge in [0.25, 0.3) is 0 Å². The maximum atomic E-state index is 9.30. The van der Waals surface area contributed by atoms with Crippen LogP contribution in [0.15, 0.2) is 42.5 Å². The molecule has 80 valence electrons. The summed E-state index contributed by atoms with van der Waals surface area (Å²) in [6.07, 6.45) is 5.59. The molecule has 0 saturated carbocycles. The van der Waals surface area contributed by atoms with Crippen molar-refractivity contribution in [1.29, 1.82) is 0 Å². The average Bonchev–Trinajstić information content (AvgIpc) is 2.30. The van der Waals surface area contributed by atoms with Crippen molar-refractivity contribution in [3.63, 3.8) is 0 Å². The van der Waals surface area contributed by atoms with Crippen LogP contribution in [0.3, 0.4) is 0 Å². The van der Waals surface area contributed by atoms with Crippen LogP contribution in [-0.4, -0.2) is 17.3 Å². The van der Waals surface area contributed by atoms with Crippen LogP contribution < -0.4 is 5.32 Å². The van der Waals surface area contributed by atoms with Crippen molar-refractivity contribution in [2.45, 2.75) is 31.5 Å². The maximum absolute atomic E-state index is 9.30. The highest BCUT2D eigenvalue weighted by Gasteiger charge is 2.12. The summed E-state index contributed by atoms with van der Waals surface area (Å²) in [4.78, 5) is 0. The third kappa shape index (κ3) is 3.18. The van der Waals surface area contributed by atoms with Crippen molar-refractivity contribution < 1.29 is 5.11 Å². The minimum Gasteiger partial charge on any atom is -0.389 e. The molecule has 0 saturated heterocycles. The zero-order chi connectivity index (χ0) is 10.5. The first-order valence-corrected chi connectivity index (χ1v) is 5.48. The number of hydrogen-bond donors (Lipinski definition) is 2. The highest BCUT2D eigenvalue weighted by molar-refractivity contribution is 5.15. The first kappa shape index (κ1) is 10.4. The van der Waals surface area contributed by atoms with Gasteiger partial charge in [-0.2, -0.15) is 0 Å². The van der Waals surface area contributed by atoms with E-state index in [1.165, 1.54) is 5.56 Å². The predicted octanol–water partition coefficient (Wildman–Crippen LogP) is 1.86. The number of nitrogens with one attached hydrogen (secondary N) is 1. The van der Waals surface area contributed by atoms with Crippen LogP contribution in [0.25, 0.3) is 0 Å². The van der Waals surface area contributed by atoms with E-state index >= 15 is 0 Å². The Kier molecular flexibility index (Phi) is 3.54. The molecule has 0 unspecified atom stereocenters. The third-order valence-electron chi connectivity index (χ3n) is 2.75. The summed E-state index contributed by atoms with van der Waals surface area (Å²) >= 11 is 0. The van der Waals surface area contributed by atoms with Gasteiger partial charge in [-0.05, 0) is 18.4 Å². The second-order valence-corrected chi connectivity index (χ2v) is 4.00. The van der Waals surface area contributed by atoms with Gasteiger partial charge in [0.2, 0.25) is 0 Å². The number of aliphatic hydroxyl groups is 1. The molecule has 0 heterocycles. The van der Waals surface area contributed by atoms with Gasteiger partial charge in [-0.3, -0.25) is 0 Å². The number of aliphatic hydroxyl groups excluding tert-OH is 1. The van der Waals surface area contributed by atoms with Crippen molar-refractivity contribution in [1.82, 2.24) is 5.32 Å². The van der Waals surface area contributed by atoms with Gasteiger partial charge in [0.15, 0.2) is 0 Å². The molecule has 2 rings (SSSR count). The minimum absolute atomic E-state index is 0.236. The number of benzene rings is 1. The van der Waals surface area contributed by atoms with E-state index in [0.717, 1.165) is 19.4 Å². The van der Waals surface area contributed by atoms with E-state index in [1.807, 2.05) is 12.1 Å². The smallest absolute Gasteiger partial charge is 0.0722 e. The standard InChI is InChI=1S/C13H17NO/c15-13-8-6-12(7-9-13)14-10-11-4-2-1-3-5-11/h1-6,8,12-15H,7,9-10H2/t12-,13+/m0/s1. The summed E-state index contributed by atoms with van der Waals surface area (Å²) in [7, 11) is 0. The topological polar surface area (TPSA) is 32.3 Å². The van der Waals surface area contributed by atoms with E-state index < -0.39 is 0 Å². The van der Waals surface area contributed by atoms with Crippen molar-refractivity contribution in [2.75, 3.05) is 0 Å². The Morgan fingerprint density at radius 3 is 2.60 bits per heavy atom. The van der Waals surface area contributed by atoms with E-state index in [-0.39, 0.29) is 6.10 Å². The average molecular weight is 203 g/mol. The normalized spacial score (nSPS) is 25.4. The van der Waals surface area contributed by atoms with Crippen LogP contribution in [0, 0.1) is 0 Å². The Hall–Kier alpha value is -1.12. The van der Waals surface area contributed by atoms with Gasteiger partial charge in [0.05, 0.1) is 6.10 Å². The highest BCUT2D eigenvalue weighted by Crippen LogP contribution is 2.11. The molecule has 1 aliphatic carbocycles. The quantitative estimate of drug-likeness (QED) is 0.735. The zero-order valence-corrected chi connectivity index (χ0v) is 8.76. The van der Waals surface area contributed by atoms with E-state index in [4.69, 9.17) is 0 Å². The molecular weight excluding hydrogens is 186 g/mol. The van der Waals surface area contributed by atoms with Gasteiger partial charge in [-0.25, -0.2) is 0 Å². The van der Waals surface area contributed by atoms with Crippen molar-refractivity contribution in [3.8, 4) is 0 Å². The Morgan fingerprint density at radius 1 is 1.13 bits per heavy atom.